The van der Waals surface area contributed by atoms with Crippen molar-refractivity contribution in [2.75, 3.05) is 7.05 Å². The maximum absolute atomic E-state index is 6.09. The average Bonchev–Trinajstić information content (AvgIpc) is 3.06. The molecule has 20 heavy (non-hydrogen) atoms. The summed E-state index contributed by atoms with van der Waals surface area (Å²) in [6, 6.07) is 8.26. The third kappa shape index (κ3) is 2.25. The van der Waals surface area contributed by atoms with Crippen LogP contribution in [0.5, 0.6) is 0 Å². The Bertz CT molecular complexity index is 598. The summed E-state index contributed by atoms with van der Waals surface area (Å²) in [6.45, 7) is 2.30. The SMILES string of the molecule is CCC1(C(NC)c2cc3cc(Cl)ccc3o2)CCCC1. The first-order valence-electron chi connectivity index (χ1n) is 7.55. The summed E-state index contributed by atoms with van der Waals surface area (Å²) in [5.74, 6) is 1.05. The molecule has 2 nitrogen and oxygen atoms in total. The van der Waals surface area contributed by atoms with E-state index in [0.29, 0.717) is 11.5 Å². The minimum Gasteiger partial charge on any atom is -0.459 e. The van der Waals surface area contributed by atoms with E-state index in [4.69, 9.17) is 16.0 Å². The fraction of sp³-hybridized carbons (Fsp3) is 0.529. The zero-order valence-corrected chi connectivity index (χ0v) is 13.0. The molecule has 1 N–H and O–H groups in total. The number of hydrogen-bond donors (Lipinski definition) is 1. The first kappa shape index (κ1) is 14.0. The van der Waals surface area contributed by atoms with Crippen LogP contribution in [0.25, 0.3) is 11.0 Å². The Hall–Kier alpha value is -0.990. The molecule has 0 spiro atoms. The molecule has 0 aliphatic heterocycles. The Labute approximate surface area is 125 Å². The lowest BCUT2D eigenvalue weighted by Gasteiger charge is -2.35. The molecule has 0 radical (unpaired) electrons. The summed E-state index contributed by atoms with van der Waals surface area (Å²) >= 11 is 6.07. The van der Waals surface area contributed by atoms with Crippen LogP contribution in [0.1, 0.15) is 50.8 Å². The van der Waals surface area contributed by atoms with Gasteiger partial charge in [-0.3, -0.25) is 0 Å². The van der Waals surface area contributed by atoms with Gasteiger partial charge in [0.15, 0.2) is 0 Å². The van der Waals surface area contributed by atoms with Gasteiger partial charge in [-0.05, 0) is 56.0 Å². The van der Waals surface area contributed by atoms with E-state index in [0.717, 1.165) is 21.8 Å². The summed E-state index contributed by atoms with van der Waals surface area (Å²) in [6.07, 6.45) is 6.42. The van der Waals surface area contributed by atoms with Gasteiger partial charge >= 0.3 is 0 Å². The molecule has 1 fully saturated rings. The van der Waals surface area contributed by atoms with Crippen molar-refractivity contribution < 1.29 is 4.42 Å². The molecule has 1 saturated carbocycles. The Balaban J connectivity index is 2.02. The van der Waals surface area contributed by atoms with Crippen LogP contribution in [-0.4, -0.2) is 7.05 Å². The van der Waals surface area contributed by atoms with Crippen LogP contribution in [0.4, 0.5) is 0 Å². The summed E-state index contributed by atoms with van der Waals surface area (Å²) in [5, 5.41) is 5.36. The van der Waals surface area contributed by atoms with E-state index in [1.54, 1.807) is 0 Å². The zero-order chi connectivity index (χ0) is 14.2. The Morgan fingerprint density at radius 3 is 2.70 bits per heavy atom. The molecule has 0 amide bonds. The van der Waals surface area contributed by atoms with Gasteiger partial charge < -0.3 is 9.73 Å². The van der Waals surface area contributed by atoms with E-state index in [-0.39, 0.29) is 0 Å². The Morgan fingerprint density at radius 2 is 2.05 bits per heavy atom. The van der Waals surface area contributed by atoms with Gasteiger partial charge in [0.05, 0.1) is 6.04 Å². The summed E-state index contributed by atoms with van der Waals surface area (Å²) in [5.41, 5.74) is 1.26. The molecule has 1 aromatic carbocycles. The third-order valence-electron chi connectivity index (χ3n) is 4.99. The van der Waals surface area contributed by atoms with Crippen LogP contribution in [0.3, 0.4) is 0 Å². The number of nitrogens with one attached hydrogen (secondary N) is 1. The second-order valence-corrected chi connectivity index (χ2v) is 6.41. The monoisotopic (exact) mass is 291 g/mol. The smallest absolute Gasteiger partial charge is 0.134 e. The van der Waals surface area contributed by atoms with Gasteiger partial charge in [-0.1, -0.05) is 31.4 Å². The van der Waals surface area contributed by atoms with Crippen molar-refractivity contribution in [1.82, 2.24) is 5.32 Å². The van der Waals surface area contributed by atoms with Gasteiger partial charge in [0.2, 0.25) is 0 Å². The van der Waals surface area contributed by atoms with Crippen LogP contribution in [-0.2, 0) is 0 Å². The number of halogens is 1. The van der Waals surface area contributed by atoms with E-state index in [1.807, 2.05) is 25.2 Å². The summed E-state index contributed by atoms with van der Waals surface area (Å²) in [7, 11) is 2.04. The van der Waals surface area contributed by atoms with Crippen molar-refractivity contribution in [2.45, 2.75) is 45.1 Å². The Kier molecular flexibility index (Phi) is 3.78. The van der Waals surface area contributed by atoms with Crippen molar-refractivity contribution in [2.24, 2.45) is 5.41 Å². The Morgan fingerprint density at radius 1 is 1.30 bits per heavy atom. The standard InChI is InChI=1S/C17H22ClNO/c1-3-17(8-4-5-9-17)16(19-2)15-11-12-10-13(18)6-7-14(12)20-15/h6-7,10-11,16,19H,3-5,8-9H2,1-2H3. The lowest BCUT2D eigenvalue weighted by atomic mass is 9.75. The largest absolute Gasteiger partial charge is 0.459 e. The van der Waals surface area contributed by atoms with Crippen molar-refractivity contribution in [3.05, 3.63) is 35.0 Å². The second-order valence-electron chi connectivity index (χ2n) is 5.98. The van der Waals surface area contributed by atoms with Gasteiger partial charge in [0, 0.05) is 10.4 Å². The first-order valence-corrected chi connectivity index (χ1v) is 7.92. The average molecular weight is 292 g/mol. The quantitative estimate of drug-likeness (QED) is 0.825. The highest BCUT2D eigenvalue weighted by Crippen LogP contribution is 2.50. The normalized spacial score (nSPS) is 19.6. The molecule has 1 aromatic heterocycles. The molecule has 0 bridgehead atoms. The molecule has 1 aliphatic carbocycles. The second kappa shape index (κ2) is 5.42. The molecular weight excluding hydrogens is 270 g/mol. The third-order valence-corrected chi connectivity index (χ3v) is 5.22. The number of benzene rings is 1. The van der Waals surface area contributed by atoms with Gasteiger partial charge in [-0.15, -0.1) is 0 Å². The van der Waals surface area contributed by atoms with Gasteiger partial charge in [0.25, 0.3) is 0 Å². The molecule has 3 heteroatoms. The van der Waals surface area contributed by atoms with Crippen molar-refractivity contribution in [3.8, 4) is 0 Å². The predicted octanol–water partition coefficient (Wildman–Crippen LogP) is 5.32. The number of furan rings is 1. The van der Waals surface area contributed by atoms with E-state index < -0.39 is 0 Å². The van der Waals surface area contributed by atoms with Crippen molar-refractivity contribution in [1.29, 1.82) is 0 Å². The molecule has 1 unspecified atom stereocenters. The fourth-order valence-electron chi connectivity index (χ4n) is 3.85. The molecule has 1 atom stereocenters. The van der Waals surface area contributed by atoms with Gasteiger partial charge in [-0.2, -0.15) is 0 Å². The maximum atomic E-state index is 6.09. The molecule has 108 valence electrons. The summed E-state index contributed by atoms with van der Waals surface area (Å²) < 4.78 is 6.09. The molecule has 1 heterocycles. The van der Waals surface area contributed by atoms with Crippen LogP contribution >= 0.6 is 11.6 Å². The lowest BCUT2D eigenvalue weighted by molar-refractivity contribution is 0.175. The lowest BCUT2D eigenvalue weighted by Crippen LogP contribution is -2.33. The molecule has 3 rings (SSSR count). The molecule has 1 aliphatic rings. The van der Waals surface area contributed by atoms with E-state index >= 15 is 0 Å². The highest BCUT2D eigenvalue weighted by Gasteiger charge is 2.41. The first-order chi connectivity index (χ1) is 9.68. The fourth-order valence-corrected chi connectivity index (χ4v) is 4.03. The number of fused-ring (bicyclic) bond motifs is 1. The highest BCUT2D eigenvalue weighted by atomic mass is 35.5. The topological polar surface area (TPSA) is 25.2 Å². The molecule has 0 saturated heterocycles. The minimum atomic E-state index is 0.293. The van der Waals surface area contributed by atoms with Gasteiger partial charge in [-0.25, -0.2) is 0 Å². The highest BCUT2D eigenvalue weighted by molar-refractivity contribution is 6.31. The van der Waals surface area contributed by atoms with E-state index in [2.05, 4.69) is 18.3 Å². The predicted molar refractivity (Wildman–Crippen MR) is 84.2 cm³/mol. The molecule has 2 aromatic rings. The molecular formula is C17H22ClNO. The van der Waals surface area contributed by atoms with Crippen LogP contribution < -0.4 is 5.32 Å². The zero-order valence-electron chi connectivity index (χ0n) is 12.2. The van der Waals surface area contributed by atoms with Crippen molar-refractivity contribution >= 4 is 22.6 Å². The van der Waals surface area contributed by atoms with Crippen LogP contribution in [0.2, 0.25) is 5.02 Å². The van der Waals surface area contributed by atoms with Crippen LogP contribution in [0.15, 0.2) is 28.7 Å². The van der Waals surface area contributed by atoms with Gasteiger partial charge in [0.1, 0.15) is 11.3 Å². The van der Waals surface area contributed by atoms with E-state index in [9.17, 15) is 0 Å². The number of hydrogen-bond acceptors (Lipinski definition) is 2. The van der Waals surface area contributed by atoms with Crippen molar-refractivity contribution in [3.63, 3.8) is 0 Å². The maximum Gasteiger partial charge on any atom is 0.134 e. The van der Waals surface area contributed by atoms with Crippen LogP contribution in [0, 0.1) is 5.41 Å². The van der Waals surface area contributed by atoms with E-state index in [1.165, 1.54) is 32.1 Å². The summed E-state index contributed by atoms with van der Waals surface area (Å²) in [4.78, 5) is 0. The number of rotatable bonds is 4. The minimum absolute atomic E-state index is 0.293.